The van der Waals surface area contributed by atoms with E-state index in [-0.39, 0.29) is 0 Å². The van der Waals surface area contributed by atoms with Gasteiger partial charge in [0, 0.05) is 6.42 Å². The van der Waals surface area contributed by atoms with Crippen molar-refractivity contribution < 1.29 is 0 Å². The number of nitrogens with zero attached hydrogens (tertiary/aromatic N) is 2. The van der Waals surface area contributed by atoms with Gasteiger partial charge in [-0.15, -0.1) is 5.10 Å². The first-order valence-corrected chi connectivity index (χ1v) is 4.24. The van der Waals surface area contributed by atoms with Gasteiger partial charge in [0.2, 0.25) is 5.96 Å². The van der Waals surface area contributed by atoms with Gasteiger partial charge < -0.3 is 5.73 Å². The molecule has 1 heterocycles. The first-order valence-electron chi connectivity index (χ1n) is 4.24. The molecular weight excluding hydrogens is 154 g/mol. The number of nitrogens with two attached hydrogens (primary N) is 1. The van der Waals surface area contributed by atoms with E-state index in [1.165, 1.54) is 12.8 Å². The lowest BCUT2D eigenvalue weighted by Gasteiger charge is -2.11. The standard InChI is InChI=1S/C7H15N5/c1-2-3-4-5-6-9-11-7(8)12-10-6/h2-5H2,1H3,(H,9,10)(H3,8,11,12). The number of hydrogen-bond acceptors (Lipinski definition) is 5. The van der Waals surface area contributed by atoms with Gasteiger partial charge in [0.15, 0.2) is 0 Å². The molecule has 1 aliphatic rings. The van der Waals surface area contributed by atoms with E-state index in [0.29, 0.717) is 5.96 Å². The van der Waals surface area contributed by atoms with Gasteiger partial charge in [0.1, 0.15) is 5.84 Å². The summed E-state index contributed by atoms with van der Waals surface area (Å²) in [7, 11) is 0. The zero-order valence-corrected chi connectivity index (χ0v) is 7.30. The van der Waals surface area contributed by atoms with Crippen molar-refractivity contribution in [3.63, 3.8) is 0 Å². The van der Waals surface area contributed by atoms with Crippen LogP contribution in [-0.4, -0.2) is 11.8 Å². The zero-order chi connectivity index (χ0) is 8.81. The van der Waals surface area contributed by atoms with Crippen LogP contribution in [0.1, 0.15) is 32.6 Å². The minimum atomic E-state index is 0.314. The topological polar surface area (TPSA) is 74.8 Å². The third kappa shape index (κ3) is 2.77. The molecule has 0 amide bonds. The predicted molar refractivity (Wildman–Crippen MR) is 49.5 cm³/mol. The quantitative estimate of drug-likeness (QED) is 0.530. The Morgan fingerprint density at radius 3 is 2.67 bits per heavy atom. The molecule has 0 unspecified atom stereocenters. The highest BCUT2D eigenvalue weighted by molar-refractivity contribution is 5.88. The Bertz CT molecular complexity index is 196. The molecule has 0 aliphatic carbocycles. The minimum absolute atomic E-state index is 0.314. The highest BCUT2D eigenvalue weighted by Crippen LogP contribution is 1.99. The molecule has 4 N–H and O–H groups in total. The van der Waals surface area contributed by atoms with Gasteiger partial charge in [0.05, 0.1) is 0 Å². The summed E-state index contributed by atoms with van der Waals surface area (Å²) in [6.45, 7) is 2.17. The fraction of sp³-hybridized carbons (Fsp3) is 0.714. The largest absolute Gasteiger partial charge is 0.367 e. The summed E-state index contributed by atoms with van der Waals surface area (Å²) in [4.78, 5) is 0. The van der Waals surface area contributed by atoms with Crippen LogP contribution in [0.15, 0.2) is 10.2 Å². The zero-order valence-electron chi connectivity index (χ0n) is 7.30. The van der Waals surface area contributed by atoms with E-state index in [0.717, 1.165) is 18.7 Å². The number of hydrogen-bond donors (Lipinski definition) is 3. The lowest BCUT2D eigenvalue weighted by atomic mass is 10.2. The number of amidine groups is 1. The SMILES string of the molecule is CCCCCC1=NNC(N)=NN1. The smallest absolute Gasteiger partial charge is 0.232 e. The first-order chi connectivity index (χ1) is 5.83. The molecule has 0 bridgehead atoms. The summed E-state index contributed by atoms with van der Waals surface area (Å²) in [5, 5.41) is 7.77. The predicted octanol–water partition coefficient (Wildman–Crippen LogP) is 0.303. The van der Waals surface area contributed by atoms with E-state index < -0.39 is 0 Å². The van der Waals surface area contributed by atoms with Crippen molar-refractivity contribution in [2.75, 3.05) is 0 Å². The molecular formula is C7H15N5. The third-order valence-corrected chi connectivity index (χ3v) is 1.63. The second-order valence-corrected chi connectivity index (χ2v) is 2.74. The molecule has 0 spiro atoms. The molecule has 0 fully saturated rings. The van der Waals surface area contributed by atoms with Gasteiger partial charge in [-0.05, 0) is 6.42 Å². The Morgan fingerprint density at radius 2 is 2.08 bits per heavy atom. The molecule has 0 aromatic rings. The summed E-state index contributed by atoms with van der Waals surface area (Å²) < 4.78 is 0. The summed E-state index contributed by atoms with van der Waals surface area (Å²) in [5.41, 5.74) is 10.7. The molecule has 0 saturated heterocycles. The molecule has 12 heavy (non-hydrogen) atoms. The van der Waals surface area contributed by atoms with E-state index >= 15 is 0 Å². The minimum Gasteiger partial charge on any atom is -0.367 e. The average Bonchev–Trinajstić information content (AvgIpc) is 2.09. The molecule has 5 nitrogen and oxygen atoms in total. The van der Waals surface area contributed by atoms with E-state index in [2.05, 4.69) is 28.0 Å². The van der Waals surface area contributed by atoms with Crippen LogP contribution in [0.25, 0.3) is 0 Å². The maximum absolute atomic E-state index is 5.32. The highest BCUT2D eigenvalue weighted by atomic mass is 15.5. The molecule has 68 valence electrons. The van der Waals surface area contributed by atoms with Gasteiger partial charge in [-0.25, -0.2) is 5.43 Å². The summed E-state index contributed by atoms with van der Waals surface area (Å²) in [6, 6.07) is 0. The van der Waals surface area contributed by atoms with Crippen molar-refractivity contribution in [2.45, 2.75) is 32.6 Å². The van der Waals surface area contributed by atoms with Gasteiger partial charge in [-0.3, -0.25) is 5.43 Å². The van der Waals surface area contributed by atoms with Crippen LogP contribution in [0, 0.1) is 0 Å². The number of guanidine groups is 1. The maximum Gasteiger partial charge on any atom is 0.232 e. The van der Waals surface area contributed by atoms with Crippen molar-refractivity contribution in [2.24, 2.45) is 15.9 Å². The van der Waals surface area contributed by atoms with Crippen molar-refractivity contribution in [3.05, 3.63) is 0 Å². The lowest BCUT2D eigenvalue weighted by Crippen LogP contribution is -2.38. The Hall–Kier alpha value is -1.26. The van der Waals surface area contributed by atoms with Crippen molar-refractivity contribution >= 4 is 11.8 Å². The molecule has 0 aromatic heterocycles. The van der Waals surface area contributed by atoms with E-state index in [1.807, 2.05) is 0 Å². The fourth-order valence-corrected chi connectivity index (χ4v) is 0.954. The Labute approximate surface area is 72.1 Å². The first kappa shape index (κ1) is 8.83. The second-order valence-electron chi connectivity index (χ2n) is 2.74. The van der Waals surface area contributed by atoms with Crippen LogP contribution in [0.3, 0.4) is 0 Å². The number of rotatable bonds is 4. The van der Waals surface area contributed by atoms with Crippen molar-refractivity contribution in [1.82, 2.24) is 10.9 Å². The van der Waals surface area contributed by atoms with Crippen molar-refractivity contribution in [3.8, 4) is 0 Å². The highest BCUT2D eigenvalue weighted by Gasteiger charge is 2.02. The van der Waals surface area contributed by atoms with Crippen LogP contribution in [0.5, 0.6) is 0 Å². The van der Waals surface area contributed by atoms with E-state index in [9.17, 15) is 0 Å². The van der Waals surface area contributed by atoms with Crippen LogP contribution >= 0.6 is 0 Å². The summed E-state index contributed by atoms with van der Waals surface area (Å²) in [6.07, 6.45) is 4.50. The number of unbranched alkanes of at least 4 members (excludes halogenated alkanes) is 2. The monoisotopic (exact) mass is 169 g/mol. The van der Waals surface area contributed by atoms with Crippen molar-refractivity contribution in [1.29, 1.82) is 0 Å². The third-order valence-electron chi connectivity index (χ3n) is 1.63. The van der Waals surface area contributed by atoms with E-state index in [4.69, 9.17) is 5.73 Å². The molecule has 1 aliphatic heterocycles. The van der Waals surface area contributed by atoms with Crippen LogP contribution in [0.2, 0.25) is 0 Å². The van der Waals surface area contributed by atoms with Crippen LogP contribution in [0.4, 0.5) is 0 Å². The van der Waals surface area contributed by atoms with Crippen LogP contribution < -0.4 is 16.6 Å². The number of nitrogens with one attached hydrogen (secondary N) is 2. The van der Waals surface area contributed by atoms with Gasteiger partial charge in [-0.2, -0.15) is 5.10 Å². The summed E-state index contributed by atoms with van der Waals surface area (Å²) in [5.74, 6) is 1.17. The molecule has 5 heteroatoms. The normalized spacial score (nSPS) is 15.8. The fourth-order valence-electron chi connectivity index (χ4n) is 0.954. The molecule has 0 aromatic carbocycles. The lowest BCUT2D eigenvalue weighted by molar-refractivity contribution is 0.719. The van der Waals surface area contributed by atoms with E-state index in [1.54, 1.807) is 0 Å². The molecule has 1 rings (SSSR count). The maximum atomic E-state index is 5.32. The van der Waals surface area contributed by atoms with Gasteiger partial charge in [-0.1, -0.05) is 19.8 Å². The average molecular weight is 169 g/mol. The molecule has 0 saturated carbocycles. The Kier molecular flexibility index (Phi) is 3.37. The number of hydrazone groups is 2. The molecule has 0 atom stereocenters. The van der Waals surface area contributed by atoms with Gasteiger partial charge >= 0.3 is 0 Å². The Balaban J connectivity index is 2.18. The second kappa shape index (κ2) is 4.58. The Morgan fingerprint density at radius 1 is 1.25 bits per heavy atom. The van der Waals surface area contributed by atoms with Gasteiger partial charge in [0.25, 0.3) is 0 Å². The van der Waals surface area contributed by atoms with Crippen LogP contribution in [-0.2, 0) is 0 Å². The summed E-state index contributed by atoms with van der Waals surface area (Å²) >= 11 is 0. The molecule has 0 radical (unpaired) electrons.